The Morgan fingerprint density at radius 1 is 1.12 bits per heavy atom. The Hall–Kier alpha value is -2.76. The van der Waals surface area contributed by atoms with Crippen molar-refractivity contribution >= 4 is 11.8 Å². The maximum atomic E-state index is 12.2. The minimum atomic E-state index is -0.196. The fourth-order valence-electron chi connectivity index (χ4n) is 2.93. The molecule has 0 saturated carbocycles. The fourth-order valence-corrected chi connectivity index (χ4v) is 2.93. The summed E-state index contributed by atoms with van der Waals surface area (Å²) in [6.07, 6.45) is 3.01. The van der Waals surface area contributed by atoms with E-state index < -0.39 is 0 Å². The molecule has 0 fully saturated rings. The monoisotopic (exact) mass is 324 g/mol. The molecule has 6 nitrogen and oxygen atoms in total. The van der Waals surface area contributed by atoms with Crippen molar-refractivity contribution in [3.8, 4) is 11.3 Å². The fraction of sp³-hybridized carbons (Fsp3) is 0.333. The lowest BCUT2D eigenvalue weighted by atomic mass is 10.0. The average molecular weight is 324 g/mol. The number of fused-ring (bicyclic) bond motifs is 1. The number of nitrogens with one attached hydrogen (secondary N) is 1. The molecule has 124 valence electrons. The number of benzene rings is 1. The summed E-state index contributed by atoms with van der Waals surface area (Å²) >= 11 is 0. The van der Waals surface area contributed by atoms with Crippen molar-refractivity contribution in [3.63, 3.8) is 0 Å². The second-order valence-electron chi connectivity index (χ2n) is 5.80. The van der Waals surface area contributed by atoms with E-state index >= 15 is 0 Å². The number of nitrogens with zero attached hydrogens (tertiary/aromatic N) is 3. The van der Waals surface area contributed by atoms with Crippen LogP contribution in [0, 0.1) is 0 Å². The maximum Gasteiger partial charge on any atom is 0.241 e. The summed E-state index contributed by atoms with van der Waals surface area (Å²) in [7, 11) is 0. The van der Waals surface area contributed by atoms with Gasteiger partial charge in [-0.2, -0.15) is 0 Å². The van der Waals surface area contributed by atoms with Crippen LogP contribution in [-0.2, 0) is 22.4 Å². The molecule has 2 aromatic rings. The summed E-state index contributed by atoms with van der Waals surface area (Å²) in [5.41, 5.74) is 4.11. The lowest BCUT2D eigenvalue weighted by Gasteiger charge is -2.20. The third-order valence-corrected chi connectivity index (χ3v) is 4.17. The minimum absolute atomic E-state index is 0.0445. The van der Waals surface area contributed by atoms with Crippen LogP contribution >= 0.6 is 0 Å². The molecule has 1 aromatic carbocycles. The Morgan fingerprint density at radius 3 is 2.62 bits per heavy atom. The number of hydrogen-bond donors (Lipinski definition) is 1. The molecule has 2 amide bonds. The van der Waals surface area contributed by atoms with Gasteiger partial charge in [0, 0.05) is 43.3 Å². The van der Waals surface area contributed by atoms with Gasteiger partial charge in [-0.05, 0) is 6.42 Å². The second kappa shape index (κ2) is 7.21. The first-order valence-corrected chi connectivity index (χ1v) is 8.05. The second-order valence-corrected chi connectivity index (χ2v) is 5.80. The SMILES string of the molecule is CC(=O)NCC(=O)N1CCc2ncnc(-c3ccccc3)c2CC1. The normalized spacial score (nSPS) is 13.8. The largest absolute Gasteiger partial charge is 0.347 e. The van der Waals surface area contributed by atoms with Crippen LogP contribution in [0.5, 0.6) is 0 Å². The first-order valence-electron chi connectivity index (χ1n) is 8.05. The number of amides is 2. The van der Waals surface area contributed by atoms with Gasteiger partial charge in [0.25, 0.3) is 0 Å². The third kappa shape index (κ3) is 3.59. The minimum Gasteiger partial charge on any atom is -0.347 e. The summed E-state index contributed by atoms with van der Waals surface area (Å²) in [4.78, 5) is 33.9. The van der Waals surface area contributed by atoms with E-state index in [0.717, 1.165) is 22.5 Å². The zero-order chi connectivity index (χ0) is 16.9. The van der Waals surface area contributed by atoms with Gasteiger partial charge >= 0.3 is 0 Å². The van der Waals surface area contributed by atoms with Crippen LogP contribution in [0.3, 0.4) is 0 Å². The average Bonchev–Trinajstić information content (AvgIpc) is 2.83. The Bertz CT molecular complexity index is 746. The van der Waals surface area contributed by atoms with Crippen molar-refractivity contribution in [2.75, 3.05) is 19.6 Å². The van der Waals surface area contributed by atoms with Crippen LogP contribution in [0.25, 0.3) is 11.3 Å². The molecule has 6 heteroatoms. The highest BCUT2D eigenvalue weighted by Gasteiger charge is 2.22. The Morgan fingerprint density at radius 2 is 1.88 bits per heavy atom. The van der Waals surface area contributed by atoms with E-state index in [1.807, 2.05) is 30.3 Å². The standard InChI is InChI=1S/C18H20N4O2/c1-13(23)19-11-17(24)22-9-7-15-16(8-10-22)20-12-21-18(15)14-5-3-2-4-6-14/h2-6,12H,7-11H2,1H3,(H,19,23). The molecule has 1 aliphatic heterocycles. The van der Waals surface area contributed by atoms with Gasteiger partial charge in [-0.3, -0.25) is 9.59 Å². The van der Waals surface area contributed by atoms with E-state index in [1.54, 1.807) is 11.2 Å². The lowest BCUT2D eigenvalue weighted by Crippen LogP contribution is -2.40. The van der Waals surface area contributed by atoms with Gasteiger partial charge in [0.2, 0.25) is 11.8 Å². The van der Waals surface area contributed by atoms with E-state index in [1.165, 1.54) is 6.92 Å². The number of carbonyl (C=O) groups excluding carboxylic acids is 2. The van der Waals surface area contributed by atoms with Crippen molar-refractivity contribution in [3.05, 3.63) is 47.9 Å². The molecule has 0 radical (unpaired) electrons. The zero-order valence-electron chi connectivity index (χ0n) is 13.7. The van der Waals surface area contributed by atoms with Gasteiger partial charge in [0.1, 0.15) is 6.33 Å². The smallest absolute Gasteiger partial charge is 0.241 e. The van der Waals surface area contributed by atoms with E-state index in [2.05, 4.69) is 15.3 Å². The van der Waals surface area contributed by atoms with Crippen molar-refractivity contribution in [1.82, 2.24) is 20.2 Å². The van der Waals surface area contributed by atoms with Gasteiger partial charge in [0.15, 0.2) is 0 Å². The Labute approximate surface area is 140 Å². The van der Waals surface area contributed by atoms with E-state index in [4.69, 9.17) is 0 Å². The summed E-state index contributed by atoms with van der Waals surface area (Å²) < 4.78 is 0. The molecule has 0 spiro atoms. The first-order chi connectivity index (χ1) is 11.6. The maximum absolute atomic E-state index is 12.2. The van der Waals surface area contributed by atoms with E-state index in [0.29, 0.717) is 25.9 Å². The summed E-state index contributed by atoms with van der Waals surface area (Å²) in [5, 5.41) is 2.56. The van der Waals surface area contributed by atoms with Crippen LogP contribution < -0.4 is 5.32 Å². The van der Waals surface area contributed by atoms with Crippen molar-refractivity contribution in [2.45, 2.75) is 19.8 Å². The molecule has 0 saturated heterocycles. The number of carbonyl (C=O) groups is 2. The topological polar surface area (TPSA) is 75.2 Å². The van der Waals surface area contributed by atoms with E-state index in [-0.39, 0.29) is 18.4 Å². The van der Waals surface area contributed by atoms with Crippen LogP contribution in [0.15, 0.2) is 36.7 Å². The molecule has 0 bridgehead atoms. The quantitative estimate of drug-likeness (QED) is 0.921. The lowest BCUT2D eigenvalue weighted by molar-refractivity contribution is -0.132. The highest BCUT2D eigenvalue weighted by Crippen LogP contribution is 2.25. The molecule has 0 aliphatic carbocycles. The summed E-state index contributed by atoms with van der Waals surface area (Å²) in [6, 6.07) is 10.0. The molecular formula is C18H20N4O2. The molecule has 0 atom stereocenters. The van der Waals surface area contributed by atoms with Gasteiger partial charge in [-0.25, -0.2) is 9.97 Å². The van der Waals surface area contributed by atoms with Crippen LogP contribution in [0.1, 0.15) is 18.2 Å². The van der Waals surface area contributed by atoms with Crippen LogP contribution in [0.4, 0.5) is 0 Å². The molecule has 0 unspecified atom stereocenters. The van der Waals surface area contributed by atoms with Gasteiger partial charge in [-0.15, -0.1) is 0 Å². The molecule has 1 N–H and O–H groups in total. The number of hydrogen-bond acceptors (Lipinski definition) is 4. The predicted molar refractivity (Wildman–Crippen MR) is 90.1 cm³/mol. The van der Waals surface area contributed by atoms with Crippen molar-refractivity contribution in [2.24, 2.45) is 0 Å². The van der Waals surface area contributed by atoms with E-state index in [9.17, 15) is 9.59 Å². The van der Waals surface area contributed by atoms with Gasteiger partial charge in [0.05, 0.1) is 12.2 Å². The van der Waals surface area contributed by atoms with Crippen molar-refractivity contribution in [1.29, 1.82) is 0 Å². The highest BCUT2D eigenvalue weighted by atomic mass is 16.2. The van der Waals surface area contributed by atoms with Gasteiger partial charge < -0.3 is 10.2 Å². The molecule has 2 heterocycles. The molecule has 24 heavy (non-hydrogen) atoms. The molecule has 1 aromatic heterocycles. The Balaban J connectivity index is 1.79. The summed E-state index contributed by atoms with van der Waals surface area (Å²) in [5.74, 6) is -0.258. The predicted octanol–water partition coefficient (Wildman–Crippen LogP) is 1.21. The van der Waals surface area contributed by atoms with Crippen LogP contribution in [0.2, 0.25) is 0 Å². The highest BCUT2D eigenvalue weighted by molar-refractivity contribution is 5.83. The molecular weight excluding hydrogens is 304 g/mol. The van der Waals surface area contributed by atoms with Crippen LogP contribution in [-0.4, -0.2) is 46.3 Å². The first kappa shape index (κ1) is 16.1. The molecule has 3 rings (SSSR count). The van der Waals surface area contributed by atoms with Gasteiger partial charge in [-0.1, -0.05) is 30.3 Å². The third-order valence-electron chi connectivity index (χ3n) is 4.17. The van der Waals surface area contributed by atoms with Crippen molar-refractivity contribution < 1.29 is 9.59 Å². The zero-order valence-corrected chi connectivity index (χ0v) is 13.7. The number of aromatic nitrogens is 2. The Kier molecular flexibility index (Phi) is 4.84. The molecule has 1 aliphatic rings. The summed E-state index contributed by atoms with van der Waals surface area (Å²) in [6.45, 7) is 2.67. The number of rotatable bonds is 3.